The zero-order chi connectivity index (χ0) is 23.4. The molecule has 4 aromatic rings. The Morgan fingerprint density at radius 3 is 2.12 bits per heavy atom. The number of aldehydes is 1. The Kier molecular flexibility index (Phi) is 6.09. The summed E-state index contributed by atoms with van der Waals surface area (Å²) in [6.45, 7) is 0. The van der Waals surface area contributed by atoms with Crippen molar-refractivity contribution < 1.29 is 22.7 Å². The molecular weight excluding hydrogens is 444 g/mol. The molecule has 0 bridgehead atoms. The van der Waals surface area contributed by atoms with Crippen molar-refractivity contribution in [3.05, 3.63) is 72.3 Å². The Morgan fingerprint density at radius 2 is 1.52 bits per heavy atom. The molecule has 2 N–H and O–H groups in total. The molecule has 0 saturated heterocycles. The number of sulfonamides is 1. The van der Waals surface area contributed by atoms with E-state index in [1.165, 1.54) is 26.4 Å². The first-order valence-corrected chi connectivity index (χ1v) is 11.3. The summed E-state index contributed by atoms with van der Waals surface area (Å²) >= 11 is 0. The molecule has 0 aliphatic carbocycles. The predicted molar refractivity (Wildman–Crippen MR) is 125 cm³/mol. The topological polar surface area (TPSA) is 120 Å². The number of carbonyl (C=O) groups is 1. The monoisotopic (exact) mass is 464 g/mol. The number of nitrogens with zero attached hydrogens (tertiary/aromatic N) is 2. The van der Waals surface area contributed by atoms with Crippen LogP contribution < -0.4 is 19.5 Å². The van der Waals surface area contributed by atoms with Crippen molar-refractivity contribution in [2.75, 3.05) is 24.3 Å². The molecule has 1 aromatic heterocycles. The van der Waals surface area contributed by atoms with E-state index in [-0.39, 0.29) is 16.5 Å². The minimum Gasteiger partial charge on any atom is -0.497 e. The lowest BCUT2D eigenvalue weighted by Gasteiger charge is -2.16. The summed E-state index contributed by atoms with van der Waals surface area (Å²) < 4.78 is 39.0. The molecule has 1 heterocycles. The molecule has 0 amide bonds. The van der Waals surface area contributed by atoms with Crippen molar-refractivity contribution in [3.63, 3.8) is 0 Å². The first-order valence-electron chi connectivity index (χ1n) is 9.77. The van der Waals surface area contributed by atoms with Crippen LogP contribution in [0.15, 0.2) is 71.6 Å². The van der Waals surface area contributed by atoms with Crippen molar-refractivity contribution in [2.45, 2.75) is 4.90 Å². The van der Waals surface area contributed by atoms with Gasteiger partial charge in [-0.3, -0.25) is 9.52 Å². The zero-order valence-electron chi connectivity index (χ0n) is 17.8. The number of para-hydroxylation sites is 2. The van der Waals surface area contributed by atoms with Crippen LogP contribution in [0.1, 0.15) is 10.4 Å². The number of rotatable bonds is 8. The van der Waals surface area contributed by atoms with Crippen molar-refractivity contribution in [3.8, 4) is 11.5 Å². The second-order valence-electron chi connectivity index (χ2n) is 6.89. The smallest absolute Gasteiger partial charge is 0.263 e. The molecule has 3 aromatic carbocycles. The molecule has 4 rings (SSSR count). The van der Waals surface area contributed by atoms with Gasteiger partial charge in [0.2, 0.25) is 0 Å². The summed E-state index contributed by atoms with van der Waals surface area (Å²) in [5.41, 5.74) is 1.89. The minimum absolute atomic E-state index is 0.0110. The van der Waals surface area contributed by atoms with Crippen LogP contribution in [-0.2, 0) is 10.0 Å². The lowest BCUT2D eigenvalue weighted by Crippen LogP contribution is -2.16. The van der Waals surface area contributed by atoms with Crippen LogP contribution in [0.4, 0.5) is 17.3 Å². The van der Waals surface area contributed by atoms with Gasteiger partial charge in [0.1, 0.15) is 17.8 Å². The van der Waals surface area contributed by atoms with E-state index < -0.39 is 10.0 Å². The van der Waals surface area contributed by atoms with Gasteiger partial charge in [-0.05, 0) is 54.6 Å². The number of anilines is 3. The van der Waals surface area contributed by atoms with Crippen LogP contribution in [0.3, 0.4) is 0 Å². The van der Waals surface area contributed by atoms with Crippen molar-refractivity contribution >= 4 is 44.7 Å². The van der Waals surface area contributed by atoms with E-state index in [0.29, 0.717) is 40.1 Å². The molecule has 0 fully saturated rings. The number of aromatic nitrogens is 2. The Bertz CT molecular complexity index is 1420. The fourth-order valence-electron chi connectivity index (χ4n) is 3.12. The van der Waals surface area contributed by atoms with Gasteiger partial charge in [0.05, 0.1) is 35.8 Å². The molecule has 33 heavy (non-hydrogen) atoms. The summed E-state index contributed by atoms with van der Waals surface area (Å²) in [4.78, 5) is 20.3. The van der Waals surface area contributed by atoms with E-state index in [4.69, 9.17) is 9.47 Å². The van der Waals surface area contributed by atoms with Gasteiger partial charge < -0.3 is 14.8 Å². The minimum atomic E-state index is -3.99. The molecule has 9 nitrogen and oxygen atoms in total. The summed E-state index contributed by atoms with van der Waals surface area (Å²) in [6.07, 6.45) is 0.698. The van der Waals surface area contributed by atoms with Gasteiger partial charge in [-0.15, -0.1) is 0 Å². The highest BCUT2D eigenvalue weighted by Gasteiger charge is 2.20. The van der Waals surface area contributed by atoms with Crippen LogP contribution in [0.25, 0.3) is 11.0 Å². The molecule has 10 heteroatoms. The van der Waals surface area contributed by atoms with Gasteiger partial charge >= 0.3 is 0 Å². The Morgan fingerprint density at radius 1 is 0.848 bits per heavy atom. The lowest BCUT2D eigenvalue weighted by molar-refractivity contribution is 0.112. The van der Waals surface area contributed by atoms with Crippen LogP contribution in [-0.4, -0.2) is 38.9 Å². The highest BCUT2D eigenvalue weighted by Crippen LogP contribution is 2.32. The SMILES string of the molecule is COc1ccc(S(=O)(=O)Nc2nc3ccccc3nc2Nc2cc(C=O)ccc2OC)cc1. The maximum absolute atomic E-state index is 13.0. The fraction of sp³-hybridized carbons (Fsp3) is 0.0870. The summed E-state index contributed by atoms with van der Waals surface area (Å²) in [7, 11) is -1.00. The maximum Gasteiger partial charge on any atom is 0.263 e. The van der Waals surface area contributed by atoms with Crippen LogP contribution in [0.5, 0.6) is 11.5 Å². The van der Waals surface area contributed by atoms with E-state index in [2.05, 4.69) is 20.0 Å². The number of hydrogen-bond donors (Lipinski definition) is 2. The average molecular weight is 465 g/mol. The van der Waals surface area contributed by atoms with Gasteiger partial charge in [-0.25, -0.2) is 18.4 Å². The van der Waals surface area contributed by atoms with E-state index >= 15 is 0 Å². The first kappa shape index (κ1) is 22.0. The molecule has 0 aliphatic heterocycles. The largest absolute Gasteiger partial charge is 0.497 e. The summed E-state index contributed by atoms with van der Waals surface area (Å²) in [5, 5.41) is 3.05. The predicted octanol–water partition coefficient (Wildman–Crippen LogP) is 4.00. The fourth-order valence-corrected chi connectivity index (χ4v) is 4.13. The Hall–Kier alpha value is -4.18. The van der Waals surface area contributed by atoms with Crippen molar-refractivity contribution in [1.82, 2.24) is 9.97 Å². The number of benzene rings is 3. The molecule has 0 unspecified atom stereocenters. The highest BCUT2D eigenvalue weighted by molar-refractivity contribution is 7.92. The van der Waals surface area contributed by atoms with Gasteiger partial charge in [0.15, 0.2) is 11.6 Å². The van der Waals surface area contributed by atoms with Crippen molar-refractivity contribution in [2.24, 2.45) is 0 Å². The molecule has 0 spiro atoms. The van der Waals surface area contributed by atoms with E-state index in [1.54, 1.807) is 54.6 Å². The van der Waals surface area contributed by atoms with Gasteiger partial charge in [-0.1, -0.05) is 12.1 Å². The summed E-state index contributed by atoms with van der Waals surface area (Å²) in [5.74, 6) is 1.11. The van der Waals surface area contributed by atoms with Gasteiger partial charge in [0, 0.05) is 5.56 Å². The highest BCUT2D eigenvalue weighted by atomic mass is 32.2. The second-order valence-corrected chi connectivity index (χ2v) is 8.58. The third kappa shape index (κ3) is 4.70. The van der Waals surface area contributed by atoms with Gasteiger partial charge in [-0.2, -0.15) is 0 Å². The van der Waals surface area contributed by atoms with Gasteiger partial charge in [0.25, 0.3) is 10.0 Å². The van der Waals surface area contributed by atoms with Crippen molar-refractivity contribution in [1.29, 1.82) is 0 Å². The third-order valence-electron chi connectivity index (χ3n) is 4.78. The van der Waals surface area contributed by atoms with Crippen LogP contribution in [0.2, 0.25) is 0 Å². The quantitative estimate of drug-likeness (QED) is 0.376. The molecule has 0 radical (unpaired) electrons. The van der Waals surface area contributed by atoms with E-state index in [0.717, 1.165) is 0 Å². The molecule has 0 atom stereocenters. The molecular formula is C23H20N4O5S. The average Bonchev–Trinajstić information content (AvgIpc) is 2.84. The maximum atomic E-state index is 13.0. The van der Waals surface area contributed by atoms with Crippen LogP contribution in [0, 0.1) is 0 Å². The van der Waals surface area contributed by atoms with E-state index in [9.17, 15) is 13.2 Å². The Labute approximate surface area is 190 Å². The number of carbonyl (C=O) groups excluding carboxylic acids is 1. The van der Waals surface area contributed by atoms with E-state index in [1.807, 2.05) is 0 Å². The molecule has 0 aliphatic rings. The normalized spacial score (nSPS) is 11.1. The third-order valence-corrected chi connectivity index (χ3v) is 6.14. The first-order chi connectivity index (χ1) is 15.9. The zero-order valence-corrected chi connectivity index (χ0v) is 18.6. The number of ether oxygens (including phenoxy) is 2. The number of methoxy groups -OCH3 is 2. The number of nitrogens with one attached hydrogen (secondary N) is 2. The lowest BCUT2D eigenvalue weighted by atomic mass is 10.2. The number of fused-ring (bicyclic) bond motifs is 1. The standard InChI is InChI=1S/C23H20N4O5S/c1-31-16-8-10-17(11-9-16)33(29,30)27-23-22(24-18-5-3-4-6-19(18)25-23)26-20-13-15(14-28)7-12-21(20)32-2/h3-14H,1-2H3,(H,24,26)(H,25,27). The summed E-state index contributed by atoms with van der Waals surface area (Å²) in [6, 6.07) is 17.8. The molecule has 0 saturated carbocycles. The van der Waals surface area contributed by atoms with Crippen LogP contribution >= 0.6 is 0 Å². The second kappa shape index (κ2) is 9.13. The number of hydrogen-bond acceptors (Lipinski definition) is 8. The molecule has 168 valence electrons. The Balaban J connectivity index is 1.79.